The molecule has 2 N–H and O–H groups in total. The van der Waals surface area contributed by atoms with Crippen LogP contribution in [0.15, 0.2) is 0 Å². The average Bonchev–Trinajstić information content (AvgIpc) is 2.63. The van der Waals surface area contributed by atoms with Gasteiger partial charge in [0.25, 0.3) is 0 Å². The maximum atomic E-state index is 9.39. The van der Waals surface area contributed by atoms with Gasteiger partial charge in [-0.25, -0.2) is 0 Å². The fourth-order valence-electron chi connectivity index (χ4n) is 3.56. The monoisotopic (exact) mass is 355 g/mol. The van der Waals surface area contributed by atoms with Crippen LogP contribution in [0, 0.1) is 0 Å². The predicted molar refractivity (Wildman–Crippen MR) is 113 cm³/mol. The van der Waals surface area contributed by atoms with Gasteiger partial charge < -0.3 is 5.11 Å². The van der Waals surface area contributed by atoms with Crippen molar-refractivity contribution in [1.82, 2.24) is 5.32 Å². The van der Waals surface area contributed by atoms with Crippen molar-refractivity contribution in [3.8, 4) is 0 Å². The summed E-state index contributed by atoms with van der Waals surface area (Å²) in [6.07, 6.45) is 27.5. The second kappa shape index (κ2) is 22.0. The highest BCUT2D eigenvalue weighted by atomic mass is 16.3. The molecule has 152 valence electrons. The van der Waals surface area contributed by atoms with Gasteiger partial charge in [0.15, 0.2) is 0 Å². The van der Waals surface area contributed by atoms with Gasteiger partial charge in [0.2, 0.25) is 0 Å². The number of aliphatic hydroxyl groups excluding tert-OH is 1. The van der Waals surface area contributed by atoms with Crippen LogP contribution in [0.2, 0.25) is 0 Å². The van der Waals surface area contributed by atoms with E-state index < -0.39 is 0 Å². The molecule has 0 bridgehead atoms. The Morgan fingerprint density at radius 3 is 1.08 bits per heavy atom. The third-order valence-corrected chi connectivity index (χ3v) is 5.41. The van der Waals surface area contributed by atoms with Crippen LogP contribution < -0.4 is 5.32 Å². The maximum Gasteiger partial charge on any atom is 0.104 e. The van der Waals surface area contributed by atoms with E-state index in [1.807, 2.05) is 7.05 Å². The molecular weight excluding hydrogens is 306 g/mol. The fourth-order valence-corrected chi connectivity index (χ4v) is 3.56. The van der Waals surface area contributed by atoms with E-state index in [2.05, 4.69) is 12.2 Å². The lowest BCUT2D eigenvalue weighted by atomic mass is 10.0. The molecule has 0 aromatic rings. The lowest BCUT2D eigenvalue weighted by molar-refractivity contribution is 0.133. The number of aliphatic hydroxyl groups is 1. The van der Waals surface area contributed by atoms with Gasteiger partial charge in [-0.05, 0) is 19.9 Å². The first-order valence-electron chi connectivity index (χ1n) is 11.7. The number of rotatable bonds is 21. The number of unbranched alkanes of at least 4 members (excludes halogenated alkanes) is 18. The summed E-state index contributed by atoms with van der Waals surface area (Å²) >= 11 is 0. The smallest absolute Gasteiger partial charge is 0.104 e. The van der Waals surface area contributed by atoms with Gasteiger partial charge >= 0.3 is 0 Å². The van der Waals surface area contributed by atoms with Gasteiger partial charge in [0, 0.05) is 0 Å². The number of hydrogen-bond donors (Lipinski definition) is 2. The van der Waals surface area contributed by atoms with E-state index in [1.54, 1.807) is 0 Å². The molecule has 0 aromatic carbocycles. The van der Waals surface area contributed by atoms with E-state index in [9.17, 15) is 5.11 Å². The zero-order valence-corrected chi connectivity index (χ0v) is 17.7. The Morgan fingerprint density at radius 2 is 0.800 bits per heavy atom. The van der Waals surface area contributed by atoms with Gasteiger partial charge in [0.05, 0.1) is 0 Å². The average molecular weight is 356 g/mol. The van der Waals surface area contributed by atoms with Crippen molar-refractivity contribution in [2.75, 3.05) is 7.05 Å². The Morgan fingerprint density at radius 1 is 0.520 bits per heavy atom. The fraction of sp³-hybridized carbons (Fsp3) is 1.00. The van der Waals surface area contributed by atoms with E-state index in [0.717, 1.165) is 12.8 Å². The van der Waals surface area contributed by atoms with Crippen molar-refractivity contribution in [3.63, 3.8) is 0 Å². The SMILES string of the molecule is CCCCCCCCCCCCCCCCCCCCCC(O)NC. The molecule has 1 unspecified atom stereocenters. The summed E-state index contributed by atoms with van der Waals surface area (Å²) < 4.78 is 0. The zero-order valence-electron chi connectivity index (χ0n) is 17.7. The van der Waals surface area contributed by atoms with Crippen LogP contribution in [0.5, 0.6) is 0 Å². The first kappa shape index (κ1) is 24.9. The summed E-state index contributed by atoms with van der Waals surface area (Å²) in [6, 6.07) is 0. The molecule has 0 rings (SSSR count). The van der Waals surface area contributed by atoms with Gasteiger partial charge in [-0.1, -0.05) is 122 Å². The van der Waals surface area contributed by atoms with Crippen molar-refractivity contribution in [2.45, 2.75) is 142 Å². The lowest BCUT2D eigenvalue weighted by Crippen LogP contribution is -2.23. The Labute approximate surface area is 159 Å². The predicted octanol–water partition coefficient (Wildman–Crippen LogP) is 7.35. The van der Waals surface area contributed by atoms with Crippen LogP contribution in [0.3, 0.4) is 0 Å². The Kier molecular flexibility index (Phi) is 21.9. The van der Waals surface area contributed by atoms with Crippen molar-refractivity contribution in [3.05, 3.63) is 0 Å². The molecule has 0 fully saturated rings. The summed E-state index contributed by atoms with van der Waals surface area (Å²) in [5, 5.41) is 12.3. The molecule has 0 aliphatic heterocycles. The van der Waals surface area contributed by atoms with Crippen LogP contribution in [-0.2, 0) is 0 Å². The minimum absolute atomic E-state index is 0.300. The van der Waals surface area contributed by atoms with Crippen molar-refractivity contribution < 1.29 is 5.11 Å². The minimum Gasteiger partial charge on any atom is -0.379 e. The zero-order chi connectivity index (χ0) is 18.4. The van der Waals surface area contributed by atoms with Gasteiger partial charge in [-0.3, -0.25) is 5.32 Å². The van der Waals surface area contributed by atoms with Gasteiger partial charge in [-0.15, -0.1) is 0 Å². The third kappa shape index (κ3) is 21.9. The summed E-state index contributed by atoms with van der Waals surface area (Å²) in [7, 11) is 1.82. The lowest BCUT2D eigenvalue weighted by Gasteiger charge is -2.08. The Balaban J connectivity index is 2.98. The first-order valence-corrected chi connectivity index (χ1v) is 11.7. The standard InChI is InChI=1S/C23H49NO/c1-3-4-5-6-7-8-9-10-11-12-13-14-15-16-17-18-19-20-21-22-23(25)24-2/h23-25H,3-22H2,1-2H3. The maximum absolute atomic E-state index is 9.39. The largest absolute Gasteiger partial charge is 0.379 e. The first-order chi connectivity index (χ1) is 12.3. The second-order valence-corrected chi connectivity index (χ2v) is 7.96. The molecule has 0 aromatic heterocycles. The van der Waals surface area contributed by atoms with Gasteiger partial charge in [-0.2, -0.15) is 0 Å². The summed E-state index contributed by atoms with van der Waals surface area (Å²) in [6.45, 7) is 2.29. The quantitative estimate of drug-likeness (QED) is 0.167. The molecule has 0 heterocycles. The molecule has 1 atom stereocenters. The molecule has 0 saturated heterocycles. The van der Waals surface area contributed by atoms with Crippen molar-refractivity contribution in [2.24, 2.45) is 0 Å². The normalized spacial score (nSPS) is 12.6. The Bertz CT molecular complexity index is 232. The Hall–Kier alpha value is -0.0800. The van der Waals surface area contributed by atoms with E-state index in [-0.39, 0.29) is 6.23 Å². The topological polar surface area (TPSA) is 32.3 Å². The highest BCUT2D eigenvalue weighted by Crippen LogP contribution is 2.14. The minimum atomic E-state index is -0.300. The summed E-state index contributed by atoms with van der Waals surface area (Å²) in [5.74, 6) is 0. The number of nitrogens with one attached hydrogen (secondary N) is 1. The van der Waals surface area contributed by atoms with Crippen LogP contribution >= 0.6 is 0 Å². The second-order valence-electron chi connectivity index (χ2n) is 7.96. The highest BCUT2D eigenvalue weighted by molar-refractivity contribution is 4.52. The van der Waals surface area contributed by atoms with Gasteiger partial charge in [0.1, 0.15) is 6.23 Å². The molecule has 2 heteroatoms. The summed E-state index contributed by atoms with van der Waals surface area (Å²) in [4.78, 5) is 0. The van der Waals surface area contributed by atoms with Crippen LogP contribution in [0.4, 0.5) is 0 Å². The van der Waals surface area contributed by atoms with Crippen molar-refractivity contribution in [1.29, 1.82) is 0 Å². The molecule has 0 aliphatic rings. The van der Waals surface area contributed by atoms with Crippen LogP contribution in [-0.4, -0.2) is 18.4 Å². The van der Waals surface area contributed by atoms with E-state index >= 15 is 0 Å². The van der Waals surface area contributed by atoms with Crippen LogP contribution in [0.25, 0.3) is 0 Å². The van der Waals surface area contributed by atoms with E-state index in [0.29, 0.717) is 0 Å². The van der Waals surface area contributed by atoms with Crippen LogP contribution in [0.1, 0.15) is 135 Å². The molecule has 0 aliphatic carbocycles. The molecule has 0 amide bonds. The van der Waals surface area contributed by atoms with E-state index in [4.69, 9.17) is 0 Å². The third-order valence-electron chi connectivity index (χ3n) is 5.41. The van der Waals surface area contributed by atoms with E-state index in [1.165, 1.54) is 116 Å². The molecule has 2 nitrogen and oxygen atoms in total. The summed E-state index contributed by atoms with van der Waals surface area (Å²) in [5.41, 5.74) is 0. The molecular formula is C23H49NO. The van der Waals surface area contributed by atoms with Crippen molar-refractivity contribution >= 4 is 0 Å². The molecule has 0 radical (unpaired) electrons. The molecule has 0 saturated carbocycles. The molecule has 0 spiro atoms. The number of hydrogen-bond acceptors (Lipinski definition) is 2. The highest BCUT2D eigenvalue weighted by Gasteiger charge is 1.99. The molecule has 25 heavy (non-hydrogen) atoms.